The molecule has 0 saturated heterocycles. The van der Waals surface area contributed by atoms with Gasteiger partial charge in [-0.15, -0.1) is 0 Å². The van der Waals surface area contributed by atoms with Crippen LogP contribution in [0, 0.1) is 0 Å². The minimum absolute atomic E-state index is 0.627. The Morgan fingerprint density at radius 2 is 2.08 bits per heavy atom. The SMILES string of the molecule is CCB(CC)NCc1ccccn1. The molecule has 0 saturated carbocycles. The van der Waals surface area contributed by atoms with Gasteiger partial charge in [0.15, 0.2) is 0 Å². The Labute approximate surface area is 80.9 Å². The van der Waals surface area contributed by atoms with Crippen LogP contribution in [0.15, 0.2) is 24.4 Å². The fourth-order valence-electron chi connectivity index (χ4n) is 1.33. The average molecular weight is 176 g/mol. The van der Waals surface area contributed by atoms with Crippen LogP contribution in [0.2, 0.25) is 12.6 Å². The maximum atomic E-state index is 4.26. The van der Waals surface area contributed by atoms with Crippen LogP contribution in [-0.4, -0.2) is 11.8 Å². The first-order valence-electron chi connectivity index (χ1n) is 5.00. The second-order valence-electron chi connectivity index (χ2n) is 3.22. The monoisotopic (exact) mass is 176 g/mol. The number of hydrogen-bond donors (Lipinski definition) is 1. The summed E-state index contributed by atoms with van der Waals surface area (Å²) in [5.74, 6) is 0. The first-order chi connectivity index (χ1) is 6.36. The molecule has 0 fully saturated rings. The van der Waals surface area contributed by atoms with Crippen molar-refractivity contribution in [3.8, 4) is 0 Å². The maximum Gasteiger partial charge on any atom is 0.220 e. The largest absolute Gasteiger partial charge is 0.351 e. The summed E-state index contributed by atoms with van der Waals surface area (Å²) in [5.41, 5.74) is 1.12. The molecule has 70 valence electrons. The number of nitrogens with one attached hydrogen (secondary N) is 1. The van der Waals surface area contributed by atoms with Crippen LogP contribution in [0.4, 0.5) is 0 Å². The van der Waals surface area contributed by atoms with Gasteiger partial charge in [0.05, 0.1) is 5.69 Å². The molecule has 1 rings (SSSR count). The topological polar surface area (TPSA) is 24.9 Å². The highest BCUT2D eigenvalue weighted by molar-refractivity contribution is 6.55. The molecule has 0 aliphatic rings. The maximum absolute atomic E-state index is 4.26. The predicted octanol–water partition coefficient (Wildman–Crippen LogP) is 2.20. The lowest BCUT2D eigenvalue weighted by Gasteiger charge is -2.09. The minimum atomic E-state index is 0.627. The van der Waals surface area contributed by atoms with Gasteiger partial charge in [0.25, 0.3) is 0 Å². The number of hydrogen-bond acceptors (Lipinski definition) is 2. The Bertz CT molecular complexity index is 222. The van der Waals surface area contributed by atoms with Crippen LogP contribution < -0.4 is 5.23 Å². The predicted molar refractivity (Wildman–Crippen MR) is 57.8 cm³/mol. The Kier molecular flexibility index (Phi) is 4.54. The third kappa shape index (κ3) is 3.60. The Morgan fingerprint density at radius 3 is 2.62 bits per heavy atom. The van der Waals surface area contributed by atoms with Crippen molar-refractivity contribution < 1.29 is 0 Å². The van der Waals surface area contributed by atoms with Crippen molar-refractivity contribution in [3.63, 3.8) is 0 Å². The van der Waals surface area contributed by atoms with Crippen molar-refractivity contribution in [1.29, 1.82) is 0 Å². The van der Waals surface area contributed by atoms with E-state index in [4.69, 9.17) is 0 Å². The normalized spacial score (nSPS) is 10.0. The number of aromatic nitrogens is 1. The summed E-state index contributed by atoms with van der Waals surface area (Å²) in [4.78, 5) is 4.26. The summed E-state index contributed by atoms with van der Waals surface area (Å²) in [6, 6.07) is 6.02. The molecule has 1 N–H and O–H groups in total. The fraction of sp³-hybridized carbons (Fsp3) is 0.500. The van der Waals surface area contributed by atoms with Crippen molar-refractivity contribution in [2.24, 2.45) is 0 Å². The van der Waals surface area contributed by atoms with Gasteiger partial charge in [-0.3, -0.25) is 4.98 Å². The Morgan fingerprint density at radius 1 is 1.31 bits per heavy atom. The van der Waals surface area contributed by atoms with E-state index in [9.17, 15) is 0 Å². The van der Waals surface area contributed by atoms with E-state index in [2.05, 4.69) is 30.1 Å². The molecule has 0 unspecified atom stereocenters. The van der Waals surface area contributed by atoms with Crippen molar-refractivity contribution in [2.75, 3.05) is 0 Å². The molecule has 1 aromatic heterocycles. The molecule has 2 nitrogen and oxygen atoms in total. The lowest BCUT2D eigenvalue weighted by molar-refractivity contribution is 0.874. The smallest absolute Gasteiger partial charge is 0.220 e. The van der Waals surface area contributed by atoms with Crippen LogP contribution in [0.25, 0.3) is 0 Å². The highest BCUT2D eigenvalue weighted by atomic mass is 14.8. The Balaban J connectivity index is 2.34. The zero-order chi connectivity index (χ0) is 9.52. The van der Waals surface area contributed by atoms with Gasteiger partial charge in [0.2, 0.25) is 6.85 Å². The molecule has 0 radical (unpaired) electrons. The summed E-state index contributed by atoms with van der Waals surface area (Å²) < 4.78 is 0. The van der Waals surface area contributed by atoms with Crippen LogP contribution in [-0.2, 0) is 6.54 Å². The lowest BCUT2D eigenvalue weighted by atomic mass is 9.57. The Hall–Kier alpha value is -0.825. The second kappa shape index (κ2) is 5.76. The van der Waals surface area contributed by atoms with Gasteiger partial charge in [-0.25, -0.2) is 0 Å². The zero-order valence-electron chi connectivity index (χ0n) is 8.46. The first-order valence-corrected chi connectivity index (χ1v) is 5.00. The number of pyridine rings is 1. The van der Waals surface area contributed by atoms with Gasteiger partial charge in [0.1, 0.15) is 0 Å². The molecule has 0 amide bonds. The van der Waals surface area contributed by atoms with Gasteiger partial charge in [0, 0.05) is 12.7 Å². The fourth-order valence-corrected chi connectivity index (χ4v) is 1.33. The van der Waals surface area contributed by atoms with E-state index in [0.29, 0.717) is 6.85 Å². The summed E-state index contributed by atoms with van der Waals surface area (Å²) in [7, 11) is 0. The van der Waals surface area contributed by atoms with Crippen molar-refractivity contribution >= 4 is 6.85 Å². The zero-order valence-corrected chi connectivity index (χ0v) is 8.46. The van der Waals surface area contributed by atoms with E-state index in [1.165, 1.54) is 12.6 Å². The molecule has 0 aliphatic carbocycles. The van der Waals surface area contributed by atoms with Gasteiger partial charge in [-0.05, 0) is 12.1 Å². The van der Waals surface area contributed by atoms with E-state index in [0.717, 1.165) is 12.2 Å². The summed E-state index contributed by atoms with van der Waals surface area (Å²) in [6.45, 7) is 5.92. The third-order valence-electron chi connectivity index (χ3n) is 2.28. The highest BCUT2D eigenvalue weighted by Gasteiger charge is 2.06. The third-order valence-corrected chi connectivity index (χ3v) is 2.28. The highest BCUT2D eigenvalue weighted by Crippen LogP contribution is 1.97. The van der Waals surface area contributed by atoms with E-state index >= 15 is 0 Å². The molecule has 13 heavy (non-hydrogen) atoms. The molecular formula is C10H17BN2. The summed E-state index contributed by atoms with van der Waals surface area (Å²) >= 11 is 0. The van der Waals surface area contributed by atoms with E-state index in [1.54, 1.807) is 0 Å². The van der Waals surface area contributed by atoms with Gasteiger partial charge < -0.3 is 5.23 Å². The van der Waals surface area contributed by atoms with Crippen molar-refractivity contribution in [3.05, 3.63) is 30.1 Å². The molecule has 1 aromatic rings. The molecule has 0 spiro atoms. The molecule has 0 bridgehead atoms. The van der Waals surface area contributed by atoms with Crippen molar-refractivity contribution in [2.45, 2.75) is 33.0 Å². The minimum Gasteiger partial charge on any atom is -0.351 e. The van der Waals surface area contributed by atoms with Gasteiger partial charge >= 0.3 is 0 Å². The molecule has 3 heteroatoms. The summed E-state index contributed by atoms with van der Waals surface area (Å²) in [5, 5.41) is 3.47. The second-order valence-corrected chi connectivity index (χ2v) is 3.22. The van der Waals surface area contributed by atoms with Crippen LogP contribution >= 0.6 is 0 Å². The van der Waals surface area contributed by atoms with Gasteiger partial charge in [-0.2, -0.15) is 0 Å². The van der Waals surface area contributed by atoms with Crippen LogP contribution in [0.3, 0.4) is 0 Å². The van der Waals surface area contributed by atoms with Crippen molar-refractivity contribution in [1.82, 2.24) is 10.2 Å². The molecule has 0 aliphatic heterocycles. The number of nitrogens with zero attached hydrogens (tertiary/aromatic N) is 1. The molecule has 0 atom stereocenters. The van der Waals surface area contributed by atoms with E-state index in [1.807, 2.05) is 18.3 Å². The standard InChI is InChI=1S/C10H17BN2/c1-3-11(4-2)13-9-10-7-5-6-8-12-10/h5-8,13H,3-4,9H2,1-2H3. The summed E-state index contributed by atoms with van der Waals surface area (Å²) in [6.07, 6.45) is 4.20. The average Bonchev–Trinajstić information content (AvgIpc) is 2.21. The van der Waals surface area contributed by atoms with Crippen LogP contribution in [0.1, 0.15) is 19.5 Å². The molecule has 0 aromatic carbocycles. The molecule has 1 heterocycles. The van der Waals surface area contributed by atoms with E-state index < -0.39 is 0 Å². The number of rotatable bonds is 5. The van der Waals surface area contributed by atoms with Crippen LogP contribution in [0.5, 0.6) is 0 Å². The van der Waals surface area contributed by atoms with E-state index in [-0.39, 0.29) is 0 Å². The molecular weight excluding hydrogens is 159 g/mol. The first kappa shape index (κ1) is 10.3. The van der Waals surface area contributed by atoms with Gasteiger partial charge in [-0.1, -0.05) is 32.6 Å². The quantitative estimate of drug-likeness (QED) is 0.695. The lowest BCUT2D eigenvalue weighted by Crippen LogP contribution is -2.31.